The molecule has 1 heterocycles. The van der Waals surface area contributed by atoms with Crippen LogP contribution in [0.1, 0.15) is 11.8 Å². The molecule has 3 aromatic rings. The summed E-state index contributed by atoms with van der Waals surface area (Å²) >= 11 is 0.826. The van der Waals surface area contributed by atoms with Crippen LogP contribution in [0.3, 0.4) is 0 Å². The number of hydrogen-bond donors (Lipinski definition) is 1. The summed E-state index contributed by atoms with van der Waals surface area (Å²) in [5.41, 5.74) is 0.732. The van der Waals surface area contributed by atoms with Crippen LogP contribution in [-0.4, -0.2) is 28.5 Å². The first kappa shape index (κ1) is 16.9. The molecule has 128 valence electrons. The molecule has 3 rings (SSSR count). The molecule has 0 bridgehead atoms. The Kier molecular flexibility index (Phi) is 4.95. The molecule has 0 saturated heterocycles. The van der Waals surface area contributed by atoms with Crippen LogP contribution in [0.15, 0.2) is 52.3 Å². The Morgan fingerprint density at radius 2 is 2.04 bits per heavy atom. The minimum Gasteiger partial charge on any atom is -0.493 e. The minimum atomic E-state index is -0.574. The maximum atomic E-state index is 12.0. The Labute approximate surface area is 147 Å². The van der Waals surface area contributed by atoms with Crippen molar-refractivity contribution in [3.05, 3.63) is 57.0 Å². The van der Waals surface area contributed by atoms with Crippen LogP contribution in [0.25, 0.3) is 10.8 Å². The van der Waals surface area contributed by atoms with E-state index in [2.05, 4.69) is 4.99 Å². The van der Waals surface area contributed by atoms with Crippen molar-refractivity contribution in [2.75, 3.05) is 6.61 Å². The van der Waals surface area contributed by atoms with E-state index in [0.717, 1.165) is 32.4 Å². The maximum absolute atomic E-state index is 12.0. The fourth-order valence-corrected chi connectivity index (χ4v) is 3.18. The number of fused-ring (bicyclic) bond motifs is 1. The third-order valence-corrected chi connectivity index (χ3v) is 4.48. The van der Waals surface area contributed by atoms with Gasteiger partial charge in [-0.25, -0.2) is 0 Å². The van der Waals surface area contributed by atoms with E-state index >= 15 is 0 Å². The van der Waals surface area contributed by atoms with Gasteiger partial charge >= 0.3 is 10.8 Å². The second-order valence-corrected chi connectivity index (χ2v) is 6.20. The molecular weight excluding hydrogens is 340 g/mol. The highest BCUT2D eigenvalue weighted by atomic mass is 32.1. The van der Waals surface area contributed by atoms with Gasteiger partial charge in [-0.2, -0.15) is 0 Å². The lowest BCUT2D eigenvalue weighted by atomic mass is 10.1. The highest BCUT2D eigenvalue weighted by Gasteiger charge is 2.15. The molecule has 25 heavy (non-hydrogen) atoms. The molecule has 0 atom stereocenters. The molecule has 0 fully saturated rings. The second-order valence-electron chi connectivity index (χ2n) is 5.20. The fourth-order valence-electron chi connectivity index (χ4n) is 2.42. The van der Waals surface area contributed by atoms with Gasteiger partial charge in [0.2, 0.25) is 5.88 Å². The van der Waals surface area contributed by atoms with Crippen molar-refractivity contribution in [2.24, 2.45) is 4.99 Å². The average Bonchev–Trinajstić information content (AvgIpc) is 2.87. The number of aliphatic imine (C=N–C) groups is 1. The number of nitrogens with zero attached hydrogens (tertiary/aromatic N) is 2. The van der Waals surface area contributed by atoms with E-state index in [9.17, 15) is 14.7 Å². The summed E-state index contributed by atoms with van der Waals surface area (Å²) in [6.07, 6.45) is 1.44. The first-order valence-corrected chi connectivity index (χ1v) is 8.52. The van der Waals surface area contributed by atoms with Gasteiger partial charge in [0.05, 0.1) is 18.5 Å². The summed E-state index contributed by atoms with van der Waals surface area (Å²) in [6.45, 7) is 1.57. The first-order chi connectivity index (χ1) is 12.1. The minimum absolute atomic E-state index is 0.216. The zero-order chi connectivity index (χ0) is 17.8. The number of carbonyl (C=O) groups excluding carboxylic acids is 1. The van der Waals surface area contributed by atoms with Crippen molar-refractivity contribution in [2.45, 2.75) is 13.5 Å². The zero-order valence-electron chi connectivity index (χ0n) is 13.5. The lowest BCUT2D eigenvalue weighted by Crippen LogP contribution is -2.20. The van der Waals surface area contributed by atoms with Crippen molar-refractivity contribution >= 4 is 40.0 Å². The molecule has 6 nitrogen and oxygen atoms in total. The van der Waals surface area contributed by atoms with Crippen molar-refractivity contribution in [1.82, 2.24) is 4.57 Å². The first-order valence-electron chi connectivity index (χ1n) is 7.70. The molecule has 0 unspecified atom stereocenters. The standard InChI is InChI=1S/C18H16N2O4S/c1-2-24-16(21)11-20-17(22)15(25-18(20)23)10-19-14-9-5-7-12-6-3-4-8-13(12)14/h3-10,22H,2,11H2,1H3. The molecule has 0 aliphatic heterocycles. The van der Waals surface area contributed by atoms with Crippen molar-refractivity contribution < 1.29 is 14.6 Å². The lowest BCUT2D eigenvalue weighted by Gasteiger charge is -2.03. The number of rotatable bonds is 5. The van der Waals surface area contributed by atoms with E-state index in [-0.39, 0.29) is 19.0 Å². The quantitative estimate of drug-likeness (QED) is 0.563. The van der Waals surface area contributed by atoms with E-state index in [4.69, 9.17) is 4.74 Å². The highest BCUT2D eigenvalue weighted by molar-refractivity contribution is 7.11. The number of hydrogen-bond acceptors (Lipinski definition) is 6. The van der Waals surface area contributed by atoms with Gasteiger partial charge in [-0.1, -0.05) is 47.7 Å². The van der Waals surface area contributed by atoms with Crippen LogP contribution in [0, 0.1) is 0 Å². The molecule has 1 N–H and O–H groups in total. The lowest BCUT2D eigenvalue weighted by molar-refractivity contribution is -0.143. The van der Waals surface area contributed by atoms with Crippen LogP contribution in [0.5, 0.6) is 5.88 Å². The van der Waals surface area contributed by atoms with E-state index in [1.165, 1.54) is 6.21 Å². The average molecular weight is 356 g/mol. The number of esters is 1. The Bertz CT molecular complexity index is 998. The number of carbonyl (C=O) groups is 1. The number of thiazole rings is 1. The predicted octanol–water partition coefficient (Wildman–Crippen LogP) is 3.08. The molecule has 0 saturated carbocycles. The Hall–Kier alpha value is -2.93. The Morgan fingerprint density at radius 3 is 2.84 bits per heavy atom. The monoisotopic (exact) mass is 356 g/mol. The van der Waals surface area contributed by atoms with Gasteiger partial charge < -0.3 is 9.84 Å². The summed E-state index contributed by atoms with van der Waals surface area (Å²) < 4.78 is 5.78. The fraction of sp³-hybridized carbons (Fsp3) is 0.167. The van der Waals surface area contributed by atoms with Crippen LogP contribution >= 0.6 is 11.3 Å². The largest absolute Gasteiger partial charge is 0.493 e. The van der Waals surface area contributed by atoms with Gasteiger partial charge in [-0.15, -0.1) is 0 Å². The second kappa shape index (κ2) is 7.31. The third-order valence-electron chi connectivity index (χ3n) is 3.57. The van der Waals surface area contributed by atoms with E-state index in [0.29, 0.717) is 4.88 Å². The van der Waals surface area contributed by atoms with Crippen LogP contribution < -0.4 is 4.87 Å². The number of aromatic hydroxyl groups is 1. The number of aromatic nitrogens is 1. The van der Waals surface area contributed by atoms with Gasteiger partial charge in [-0.3, -0.25) is 19.1 Å². The van der Waals surface area contributed by atoms with E-state index in [1.54, 1.807) is 6.92 Å². The Balaban J connectivity index is 1.91. The van der Waals surface area contributed by atoms with Gasteiger partial charge in [0, 0.05) is 5.39 Å². The summed E-state index contributed by atoms with van der Waals surface area (Å²) in [5.74, 6) is -0.859. The molecule has 0 spiro atoms. The molecule has 0 aliphatic rings. The topological polar surface area (TPSA) is 80.9 Å². The normalized spacial score (nSPS) is 11.2. The summed E-state index contributed by atoms with van der Waals surface area (Å²) in [4.78, 5) is 27.8. The predicted molar refractivity (Wildman–Crippen MR) is 98.1 cm³/mol. The molecule has 2 aromatic carbocycles. The summed E-state index contributed by atoms with van der Waals surface area (Å²) in [6, 6.07) is 13.5. The molecule has 0 aliphatic carbocycles. The van der Waals surface area contributed by atoms with Gasteiger partial charge in [-0.05, 0) is 18.4 Å². The molecule has 0 radical (unpaired) electrons. The maximum Gasteiger partial charge on any atom is 0.326 e. The van der Waals surface area contributed by atoms with Gasteiger partial charge in [0.25, 0.3) is 0 Å². The Morgan fingerprint density at radius 1 is 1.28 bits per heavy atom. The van der Waals surface area contributed by atoms with Gasteiger partial charge in [0.1, 0.15) is 11.4 Å². The summed E-state index contributed by atoms with van der Waals surface area (Å²) in [5, 5.41) is 12.2. The molecule has 0 amide bonds. The van der Waals surface area contributed by atoms with E-state index in [1.807, 2.05) is 42.5 Å². The molecular formula is C18H16N2O4S. The number of benzene rings is 2. The third kappa shape index (κ3) is 3.61. The van der Waals surface area contributed by atoms with Crippen LogP contribution in [-0.2, 0) is 16.1 Å². The van der Waals surface area contributed by atoms with Gasteiger partial charge in [0.15, 0.2) is 0 Å². The smallest absolute Gasteiger partial charge is 0.326 e. The summed E-state index contributed by atoms with van der Waals surface area (Å²) in [7, 11) is 0. The highest BCUT2D eigenvalue weighted by Crippen LogP contribution is 2.26. The zero-order valence-corrected chi connectivity index (χ0v) is 14.3. The van der Waals surface area contributed by atoms with E-state index < -0.39 is 10.8 Å². The van der Waals surface area contributed by atoms with Crippen LogP contribution in [0.4, 0.5) is 5.69 Å². The van der Waals surface area contributed by atoms with Crippen molar-refractivity contribution in [3.63, 3.8) is 0 Å². The SMILES string of the molecule is CCOC(=O)Cn1c(O)c(C=Nc2cccc3ccccc23)sc1=O. The molecule has 1 aromatic heterocycles. The van der Waals surface area contributed by atoms with Crippen molar-refractivity contribution in [1.29, 1.82) is 0 Å². The molecule has 7 heteroatoms. The van der Waals surface area contributed by atoms with Crippen LogP contribution in [0.2, 0.25) is 0 Å². The number of ether oxygens (including phenoxy) is 1. The van der Waals surface area contributed by atoms with Crippen molar-refractivity contribution in [3.8, 4) is 5.88 Å².